The SMILES string of the molecule is Cc1nc2c(ncn2[C@@H]2O[C@]34COP(=O)(S)O[C@H]5[C@@H](O)[C@H](c6snc7c(N)ncnc67)O[C@@H]5COP(=O)(O)O[C@@H]2[C@@H]3C4)c(=O)[nH]1. The summed E-state index contributed by atoms with van der Waals surface area (Å²) >= 11 is 5.10. The van der Waals surface area contributed by atoms with E-state index < -0.39 is 75.1 Å². The van der Waals surface area contributed by atoms with E-state index in [2.05, 4.69) is 41.5 Å². The van der Waals surface area contributed by atoms with Crippen molar-refractivity contribution in [1.29, 1.82) is 0 Å². The van der Waals surface area contributed by atoms with Crippen LogP contribution in [-0.4, -0.2) is 87.1 Å². The average molecular weight is 703 g/mol. The lowest BCUT2D eigenvalue weighted by Gasteiger charge is -2.28. The van der Waals surface area contributed by atoms with Crippen molar-refractivity contribution in [3.8, 4) is 0 Å². The van der Waals surface area contributed by atoms with Crippen molar-refractivity contribution in [2.24, 2.45) is 5.92 Å². The number of aromatic amines is 1. The second-order valence-electron chi connectivity index (χ2n) is 11.1. The first-order valence-corrected chi connectivity index (χ1v) is 18.4. The highest BCUT2D eigenvalue weighted by molar-refractivity contribution is 8.44. The van der Waals surface area contributed by atoms with Gasteiger partial charge in [-0.25, -0.2) is 29.1 Å². The summed E-state index contributed by atoms with van der Waals surface area (Å²) in [6.45, 7) is -3.57. The van der Waals surface area contributed by atoms with Gasteiger partial charge in [-0.05, 0) is 24.9 Å². The van der Waals surface area contributed by atoms with Gasteiger partial charge in [0.15, 0.2) is 23.2 Å². The minimum Gasteiger partial charge on any atom is -0.387 e. The smallest absolute Gasteiger partial charge is 0.387 e. The van der Waals surface area contributed by atoms with Crippen LogP contribution in [0.2, 0.25) is 0 Å². The van der Waals surface area contributed by atoms with Crippen molar-refractivity contribution >= 4 is 66.4 Å². The van der Waals surface area contributed by atoms with E-state index in [1.807, 2.05) is 0 Å². The molecule has 4 aromatic rings. The summed E-state index contributed by atoms with van der Waals surface area (Å²) < 4.78 is 67.3. The van der Waals surface area contributed by atoms with E-state index >= 15 is 0 Å². The molecule has 4 aromatic heterocycles. The molecule has 0 radical (unpaired) electrons. The Labute approximate surface area is 260 Å². The van der Waals surface area contributed by atoms with Crippen LogP contribution in [0.3, 0.4) is 0 Å². The maximum atomic E-state index is 13.5. The summed E-state index contributed by atoms with van der Waals surface area (Å²) in [7, 11) is -4.85. The zero-order valence-electron chi connectivity index (χ0n) is 22.9. The fourth-order valence-corrected chi connectivity index (χ4v) is 9.44. The molecule has 2 unspecified atom stereocenters. The summed E-state index contributed by atoms with van der Waals surface area (Å²) in [6.07, 6.45) is -4.58. The number of phosphoric acid groups is 1. The minimum absolute atomic E-state index is 0.0281. The minimum atomic E-state index is -4.85. The van der Waals surface area contributed by atoms with E-state index in [0.717, 1.165) is 11.5 Å². The van der Waals surface area contributed by atoms with Crippen LogP contribution < -0.4 is 11.3 Å². The molecule has 4 fully saturated rings. The van der Waals surface area contributed by atoms with Gasteiger partial charge in [-0.2, -0.15) is 4.37 Å². The second kappa shape index (κ2) is 10.3. The Morgan fingerprint density at radius 3 is 2.82 bits per heavy atom. The molecule has 8 rings (SSSR count). The first-order chi connectivity index (χ1) is 21.3. The van der Waals surface area contributed by atoms with Crippen LogP contribution in [0.4, 0.5) is 5.82 Å². The molecule has 45 heavy (non-hydrogen) atoms. The molecule has 3 aliphatic heterocycles. The Hall–Kier alpha value is -2.39. The molecule has 0 aromatic carbocycles. The molecular formula is C22H24N8O11P2S2. The molecule has 240 valence electrons. The van der Waals surface area contributed by atoms with Crippen molar-refractivity contribution in [2.45, 2.75) is 55.7 Å². The number of nitrogens with one attached hydrogen (secondary N) is 1. The summed E-state index contributed by atoms with van der Waals surface area (Å²) in [5.41, 5.74) is 5.12. The predicted octanol–water partition coefficient (Wildman–Crippen LogP) is 1.15. The molecule has 23 heteroatoms. The predicted molar refractivity (Wildman–Crippen MR) is 155 cm³/mol. The number of anilines is 1. The number of ether oxygens (including phenoxy) is 2. The molecular weight excluding hydrogens is 678 g/mol. The summed E-state index contributed by atoms with van der Waals surface area (Å²) in [5, 5.41) is 11.3. The van der Waals surface area contributed by atoms with Gasteiger partial charge >= 0.3 is 14.6 Å². The first kappa shape index (κ1) is 30.0. The maximum absolute atomic E-state index is 13.5. The van der Waals surface area contributed by atoms with Gasteiger partial charge < -0.3 is 30.2 Å². The summed E-state index contributed by atoms with van der Waals surface area (Å²) in [6, 6.07) is 0. The lowest BCUT2D eigenvalue weighted by atomic mass is 10.1. The Bertz CT molecular complexity index is 2010. The summed E-state index contributed by atoms with van der Waals surface area (Å²) in [5.74, 6) is -0.0766. The van der Waals surface area contributed by atoms with Crippen LogP contribution in [0.1, 0.15) is 29.5 Å². The largest absolute Gasteiger partial charge is 0.472 e. The van der Waals surface area contributed by atoms with Gasteiger partial charge in [-0.3, -0.25) is 27.5 Å². The molecule has 1 saturated carbocycles. The number of aliphatic hydroxyl groups excluding tert-OH is 1. The highest BCUT2D eigenvalue weighted by Gasteiger charge is 2.70. The average Bonchev–Trinajstić information content (AvgIpc) is 3.31. The molecule has 0 amide bonds. The normalized spacial score (nSPS) is 40.0. The Balaban J connectivity index is 1.12. The number of nitrogens with two attached hydrogens (primary N) is 1. The number of aliphatic hydroxyl groups is 1. The fraction of sp³-hybridized carbons (Fsp3) is 0.545. The standard InChI is InChI=1S/C22H24N8O11P2S2/c1-7-27-19-12(20(32)28-7)26-6-30(19)21-14-8-2-22(8,39-21)4-37-43(35,44)41-15-9(3-36-42(33,34)40-14)38-16(13(15)31)17-10-11(29-45-17)18(23)25-5-24-10/h5-6,8-9,13-16,21,31H,2-4H2,1H3,(H,33,34)(H,35,44)(H2,23,24,25)(H,27,28,32)/t8-,9+,13+,14+,15+,16+,21+,22+,43?/m0/s1. The van der Waals surface area contributed by atoms with Crippen molar-refractivity contribution < 1.29 is 46.7 Å². The van der Waals surface area contributed by atoms with Gasteiger partial charge in [0.1, 0.15) is 59.3 Å². The molecule has 19 nitrogen and oxygen atoms in total. The van der Waals surface area contributed by atoms with Crippen LogP contribution in [0.5, 0.6) is 0 Å². The Kier molecular flexibility index (Phi) is 6.86. The first-order valence-electron chi connectivity index (χ1n) is 13.5. The monoisotopic (exact) mass is 702 g/mol. The van der Waals surface area contributed by atoms with Crippen LogP contribution >= 0.6 is 38.4 Å². The number of fused-ring (bicyclic) bond motifs is 3. The third kappa shape index (κ3) is 4.97. The number of nitrogen functional groups attached to an aromatic ring is 1. The number of H-pyrrole nitrogens is 1. The molecule has 3 saturated heterocycles. The van der Waals surface area contributed by atoms with Crippen LogP contribution in [0.25, 0.3) is 22.2 Å². The van der Waals surface area contributed by atoms with Gasteiger partial charge in [0.2, 0.25) is 0 Å². The van der Waals surface area contributed by atoms with Gasteiger partial charge in [0.25, 0.3) is 5.56 Å². The molecule has 2 bridgehead atoms. The number of nitrogens with zero attached hydrogens (tertiary/aromatic N) is 6. The van der Waals surface area contributed by atoms with Crippen molar-refractivity contribution in [3.63, 3.8) is 0 Å². The molecule has 5 N–H and O–H groups in total. The molecule has 0 spiro atoms. The van der Waals surface area contributed by atoms with Crippen molar-refractivity contribution in [2.75, 3.05) is 18.9 Å². The zero-order chi connectivity index (χ0) is 31.5. The van der Waals surface area contributed by atoms with Gasteiger partial charge in [0, 0.05) is 5.92 Å². The molecule has 1 aliphatic carbocycles. The molecule has 10 atom stereocenters. The summed E-state index contributed by atoms with van der Waals surface area (Å²) in [4.78, 5) is 42.8. The van der Waals surface area contributed by atoms with Crippen LogP contribution in [0, 0.1) is 12.8 Å². The number of aromatic nitrogens is 7. The lowest BCUT2D eigenvalue weighted by molar-refractivity contribution is -0.0910. The quantitative estimate of drug-likeness (QED) is 0.145. The number of phosphoric ester groups is 1. The van der Waals surface area contributed by atoms with Crippen molar-refractivity contribution in [3.05, 3.63) is 33.7 Å². The van der Waals surface area contributed by atoms with Crippen LogP contribution in [0.15, 0.2) is 17.4 Å². The van der Waals surface area contributed by atoms with Gasteiger partial charge in [0.05, 0.1) is 24.4 Å². The lowest BCUT2D eigenvalue weighted by Crippen LogP contribution is -2.35. The Morgan fingerprint density at radius 2 is 2.00 bits per heavy atom. The van der Waals surface area contributed by atoms with Crippen molar-refractivity contribution in [1.82, 2.24) is 33.9 Å². The number of rotatable bonds is 2. The number of imidazole rings is 1. The zero-order valence-corrected chi connectivity index (χ0v) is 26.4. The second-order valence-corrected chi connectivity index (χ2v) is 16.2. The van der Waals surface area contributed by atoms with E-state index in [1.54, 1.807) is 6.92 Å². The van der Waals surface area contributed by atoms with E-state index in [9.17, 15) is 23.9 Å². The van der Waals surface area contributed by atoms with E-state index in [-0.39, 0.29) is 23.6 Å². The molecule has 7 heterocycles. The number of thiol groups is 1. The van der Waals surface area contributed by atoms with Crippen LogP contribution in [-0.2, 0) is 36.7 Å². The van der Waals surface area contributed by atoms with Gasteiger partial charge in [-0.1, -0.05) is 12.2 Å². The number of hydrogen-bond acceptors (Lipinski definition) is 17. The topological polar surface area (TPSA) is 258 Å². The number of aryl methyl sites for hydroxylation is 1. The van der Waals surface area contributed by atoms with Gasteiger partial charge in [-0.15, -0.1) is 0 Å². The fourth-order valence-electron chi connectivity index (χ4n) is 6.07. The van der Waals surface area contributed by atoms with E-state index in [4.69, 9.17) is 33.3 Å². The third-order valence-corrected chi connectivity index (χ3v) is 11.7. The van der Waals surface area contributed by atoms with E-state index in [1.165, 1.54) is 17.2 Å². The third-order valence-electron chi connectivity index (χ3n) is 8.24. The highest BCUT2D eigenvalue weighted by atomic mass is 32.7. The van der Waals surface area contributed by atoms with E-state index in [0.29, 0.717) is 28.2 Å². The number of hydrogen-bond donors (Lipinski definition) is 5. The maximum Gasteiger partial charge on any atom is 0.472 e. The Morgan fingerprint density at radius 1 is 1.18 bits per heavy atom. The molecule has 4 aliphatic rings. The highest BCUT2D eigenvalue weighted by Crippen LogP contribution is 2.67.